The Morgan fingerprint density at radius 2 is 1.55 bits per heavy atom. The molecular formula is C63H102F2N2O18. The highest BCUT2D eigenvalue weighted by Crippen LogP contribution is 2.71. The molecule has 26 atom stereocenters. The number of ether oxygens (including phenoxy) is 8. The number of unbranched alkanes of at least 4 members (excludes halogenated alkanes) is 1. The average Bonchev–Trinajstić information content (AvgIpc) is 1.67. The number of cyclic esters (lactones) is 1. The van der Waals surface area contributed by atoms with E-state index < -0.39 is 178 Å². The van der Waals surface area contributed by atoms with Gasteiger partial charge in [-0.1, -0.05) is 33.8 Å². The van der Waals surface area contributed by atoms with Crippen LogP contribution in [0.25, 0.3) is 0 Å². The van der Waals surface area contributed by atoms with E-state index in [1.165, 1.54) is 33.1 Å². The molecule has 6 N–H and O–H groups in total. The van der Waals surface area contributed by atoms with Gasteiger partial charge in [0.05, 0.1) is 60.3 Å². The molecule has 3 saturated carbocycles. The van der Waals surface area contributed by atoms with E-state index in [0.717, 1.165) is 6.08 Å². The van der Waals surface area contributed by atoms with Crippen molar-refractivity contribution in [3.05, 3.63) is 23.8 Å². The third-order valence-corrected chi connectivity index (χ3v) is 21.8. The lowest BCUT2D eigenvalue weighted by Crippen LogP contribution is -2.70. The van der Waals surface area contributed by atoms with Gasteiger partial charge < -0.3 is 78.3 Å². The predicted molar refractivity (Wildman–Crippen MR) is 306 cm³/mol. The molecular weight excluding hydrogens is 1110 g/mol. The summed E-state index contributed by atoms with van der Waals surface area (Å²) >= 11 is 0. The number of hydrogen-bond donors (Lipinski definition) is 6. The fourth-order valence-corrected chi connectivity index (χ4v) is 16.2. The summed E-state index contributed by atoms with van der Waals surface area (Å²) in [5.41, 5.74) is -12.3. The van der Waals surface area contributed by atoms with Crippen LogP contribution in [0.3, 0.4) is 0 Å². The molecule has 0 aromatic rings. The minimum absolute atomic E-state index is 0.0227. The van der Waals surface area contributed by atoms with Crippen LogP contribution in [0.15, 0.2) is 23.8 Å². The van der Waals surface area contributed by atoms with Gasteiger partial charge in [-0.25, -0.2) is 13.6 Å². The number of alkyl halides is 2. The minimum Gasteiger partial charge on any atom is -0.464 e. The van der Waals surface area contributed by atoms with Crippen molar-refractivity contribution >= 4 is 23.7 Å². The highest BCUT2D eigenvalue weighted by atomic mass is 19.1. The van der Waals surface area contributed by atoms with Gasteiger partial charge in [-0.15, -0.1) is 0 Å². The molecule has 3 heterocycles. The number of fused-ring (bicyclic) bond motifs is 5. The summed E-state index contributed by atoms with van der Waals surface area (Å²) in [5, 5.41) is 71.8. The molecule has 0 aromatic carbocycles. The number of aliphatic hydroxyl groups excluding tert-OH is 3. The topological polar surface area (TPSA) is 270 Å². The van der Waals surface area contributed by atoms with Gasteiger partial charge in [0.2, 0.25) is 0 Å². The van der Waals surface area contributed by atoms with Crippen LogP contribution in [0, 0.1) is 40.4 Å². The van der Waals surface area contributed by atoms with Crippen LogP contribution >= 0.6 is 0 Å². The summed E-state index contributed by atoms with van der Waals surface area (Å²) in [6.45, 7) is 20.1. The number of rotatable bonds is 14. The number of nitrogens with zero attached hydrogens (tertiary/aromatic N) is 2. The average molecular weight is 1210 g/mol. The van der Waals surface area contributed by atoms with E-state index in [9.17, 15) is 49.8 Å². The third kappa shape index (κ3) is 12.7. The Balaban J connectivity index is 1.09. The van der Waals surface area contributed by atoms with Gasteiger partial charge in [0, 0.05) is 48.7 Å². The van der Waals surface area contributed by atoms with Crippen molar-refractivity contribution in [1.82, 2.24) is 9.80 Å². The molecule has 0 radical (unpaired) electrons. The monoisotopic (exact) mass is 1210 g/mol. The summed E-state index contributed by atoms with van der Waals surface area (Å²) in [6, 6.07) is -1.09. The fraction of sp³-hybridized carbons (Fsp3) is 0.873. The maximum absolute atomic E-state index is 17.8. The molecule has 0 bridgehead atoms. The Hall–Kier alpha value is -3.10. The molecule has 20 nitrogen and oxygen atoms in total. The second-order valence-electron chi connectivity index (χ2n) is 27.8. The van der Waals surface area contributed by atoms with E-state index in [1.54, 1.807) is 69.4 Å². The van der Waals surface area contributed by atoms with Gasteiger partial charge in [-0.05, 0) is 170 Å². The van der Waals surface area contributed by atoms with E-state index in [0.29, 0.717) is 19.4 Å². The molecule has 85 heavy (non-hydrogen) atoms. The SMILES string of the molecule is CC[C@H]1OC(=O)[C@H](C)[C@@H](O[C@@H]2C[C@](C)(OC)[C@H](O)C(C)O2)[C@H](C)C(O[C@@H]2O[C@H](C)C[C@@H](N(C)C)[C@H]2OC(=O)CCCCOC(=O)[C@@]2(O)[C@H](C)CC3C4C[C@H](F)C5=CC(=O)C=C[C@]5(C)[C@@]4(F)[C@@H](O)C[C@@]32C)[C@](C)(O)CCCN(C)[C@H](C)[C@@H](O)[C@]1(C)O. The number of aliphatic hydroxyl groups is 6. The number of carbonyl (C=O) groups is 4. The smallest absolute Gasteiger partial charge is 0.338 e. The maximum atomic E-state index is 17.8. The Kier molecular flexibility index (Phi) is 21.2. The molecule has 486 valence electrons. The lowest BCUT2D eigenvalue weighted by atomic mass is 9.44. The van der Waals surface area contributed by atoms with Crippen molar-refractivity contribution in [2.45, 2.75) is 268 Å². The van der Waals surface area contributed by atoms with E-state index in [1.807, 2.05) is 30.8 Å². The molecule has 4 unspecified atom stereocenters. The van der Waals surface area contributed by atoms with Gasteiger partial charge in [0.1, 0.15) is 30.1 Å². The Bertz CT molecular complexity index is 2450. The first-order chi connectivity index (χ1) is 39.4. The van der Waals surface area contributed by atoms with E-state index in [2.05, 4.69) is 0 Å². The zero-order chi connectivity index (χ0) is 63.5. The van der Waals surface area contributed by atoms with E-state index in [4.69, 9.17) is 37.9 Å². The van der Waals surface area contributed by atoms with Crippen molar-refractivity contribution in [2.75, 3.05) is 41.4 Å². The Morgan fingerprint density at radius 1 is 0.882 bits per heavy atom. The van der Waals surface area contributed by atoms with Gasteiger partial charge in [-0.3, -0.25) is 14.4 Å². The van der Waals surface area contributed by atoms with Crippen LogP contribution in [0.1, 0.15) is 154 Å². The van der Waals surface area contributed by atoms with Gasteiger partial charge >= 0.3 is 17.9 Å². The molecule has 0 aromatic heterocycles. The first kappa shape index (κ1) is 69.4. The molecule has 22 heteroatoms. The first-order valence-corrected chi connectivity index (χ1v) is 31.0. The zero-order valence-corrected chi connectivity index (χ0v) is 53.1. The number of hydrogen-bond acceptors (Lipinski definition) is 20. The van der Waals surface area contributed by atoms with Crippen LogP contribution in [0.5, 0.6) is 0 Å². The minimum atomic E-state index is -2.39. The third-order valence-electron chi connectivity index (χ3n) is 21.8. The fourth-order valence-electron chi connectivity index (χ4n) is 16.2. The standard InChI is InChI=1S/C63H102F2N2O18/c1-17-46-61(12,76)51(71)37(6)67(15)25-20-23-59(10,75)53(35(4)49(36(5)54(73)82-46)84-48-32-60(11,78-16)52(72)38(7)81-48)85-55-50(44(66(13)14)28-34(3)80-55)83-47(70)21-18-19-26-79-56(74)63(77)33(2)27-40-41-30-43(64)42-29-39(68)22-24-57(42,8)62(41,65)45(69)31-58(40,63)9/h22,24,29,33-38,40-41,43-46,48-53,55,69,71-72,75-77H,17-21,23,25-28,30-32H2,1-16H3/t33-,34-,35+,36-,37-,38?,40?,41?,43+,44-,45+,46-,48-,49+,50-,51-,52-,53?,55+,57+,58+,59-,60+,61-,62+,63+/m1/s1. The predicted octanol–water partition coefficient (Wildman–Crippen LogP) is 5.22. The van der Waals surface area contributed by atoms with Crippen LogP contribution < -0.4 is 0 Å². The Morgan fingerprint density at radius 3 is 2.19 bits per heavy atom. The van der Waals surface area contributed by atoms with Crippen LogP contribution in [0.4, 0.5) is 8.78 Å². The molecule has 7 aliphatic rings. The number of carbonyl (C=O) groups excluding carboxylic acids is 4. The number of allylic oxidation sites excluding steroid dienone is 4. The summed E-state index contributed by atoms with van der Waals surface area (Å²) in [4.78, 5) is 59.0. The van der Waals surface area contributed by atoms with Gasteiger partial charge in [-0.2, -0.15) is 0 Å². The highest BCUT2D eigenvalue weighted by Gasteiger charge is 2.77. The lowest BCUT2D eigenvalue weighted by molar-refractivity contribution is -0.318. The van der Waals surface area contributed by atoms with Crippen LogP contribution in [-0.4, -0.2) is 219 Å². The summed E-state index contributed by atoms with van der Waals surface area (Å²) in [7, 11) is 6.93. The number of ketones is 1. The molecule has 0 spiro atoms. The Labute approximate surface area is 501 Å². The summed E-state index contributed by atoms with van der Waals surface area (Å²) < 4.78 is 84.5. The van der Waals surface area contributed by atoms with Crippen molar-refractivity contribution in [1.29, 1.82) is 0 Å². The van der Waals surface area contributed by atoms with Crippen molar-refractivity contribution < 1.29 is 96.5 Å². The maximum Gasteiger partial charge on any atom is 0.338 e. The number of likely N-dealkylation sites (N-methyl/N-ethyl adjacent to an activating group) is 2. The normalized spacial score (nSPS) is 48.4. The van der Waals surface area contributed by atoms with Crippen molar-refractivity contribution in [2.24, 2.45) is 40.4 Å². The lowest BCUT2D eigenvalue weighted by Gasteiger charge is -2.62. The number of esters is 3. The second kappa shape index (κ2) is 26.0. The molecule has 3 aliphatic heterocycles. The highest BCUT2D eigenvalue weighted by molar-refractivity contribution is 6.01. The number of methoxy groups -OCH3 is 1. The zero-order valence-electron chi connectivity index (χ0n) is 53.1. The summed E-state index contributed by atoms with van der Waals surface area (Å²) in [6.07, 6.45) is -9.52. The molecule has 0 amide bonds. The molecule has 7 rings (SSSR count). The van der Waals surface area contributed by atoms with Crippen LogP contribution in [-0.2, 0) is 57.1 Å². The molecule has 6 fully saturated rings. The largest absolute Gasteiger partial charge is 0.464 e. The van der Waals surface area contributed by atoms with Crippen molar-refractivity contribution in [3.8, 4) is 0 Å². The summed E-state index contributed by atoms with van der Waals surface area (Å²) in [5.74, 6) is -7.45. The van der Waals surface area contributed by atoms with Crippen LogP contribution in [0.2, 0.25) is 0 Å². The quantitative estimate of drug-likeness (QED) is 0.0740. The van der Waals surface area contributed by atoms with E-state index in [-0.39, 0.29) is 70.0 Å². The first-order valence-electron chi connectivity index (χ1n) is 31.0. The van der Waals surface area contributed by atoms with E-state index >= 15 is 8.78 Å². The van der Waals surface area contributed by atoms with Gasteiger partial charge in [0.25, 0.3) is 0 Å². The molecule has 3 saturated heterocycles. The number of halogens is 2. The van der Waals surface area contributed by atoms with Crippen molar-refractivity contribution in [3.63, 3.8) is 0 Å². The molecule has 4 aliphatic carbocycles. The van der Waals surface area contributed by atoms with Gasteiger partial charge in [0.15, 0.2) is 35.7 Å². The second-order valence-corrected chi connectivity index (χ2v) is 27.8.